The van der Waals surface area contributed by atoms with Crippen molar-refractivity contribution in [2.75, 3.05) is 6.54 Å². The quantitative estimate of drug-likeness (QED) is 0.836. The fraction of sp³-hybridized carbons (Fsp3) is 0.333. The van der Waals surface area contributed by atoms with E-state index in [4.69, 9.17) is 15.8 Å². The minimum absolute atomic E-state index is 0.170. The second kappa shape index (κ2) is 7.23. The van der Waals surface area contributed by atoms with E-state index in [2.05, 4.69) is 5.32 Å². The summed E-state index contributed by atoms with van der Waals surface area (Å²) < 4.78 is 30.7. The molecule has 2 atom stereocenters. The van der Waals surface area contributed by atoms with Crippen LogP contribution in [0.4, 0.5) is 0 Å². The number of halogens is 1. The Morgan fingerprint density at radius 2 is 1.75 bits per heavy atom. The lowest BCUT2D eigenvalue weighted by Gasteiger charge is -2.32. The van der Waals surface area contributed by atoms with E-state index < -0.39 is 16.2 Å². The van der Waals surface area contributed by atoms with Gasteiger partial charge in [0.25, 0.3) is 10.1 Å². The molecule has 2 aromatic carbocycles. The molecule has 1 heterocycles. The van der Waals surface area contributed by atoms with E-state index in [1.54, 1.807) is 36.4 Å². The zero-order valence-corrected chi connectivity index (χ0v) is 15.0. The Balaban J connectivity index is 1.83. The van der Waals surface area contributed by atoms with Crippen LogP contribution in [-0.4, -0.2) is 21.1 Å². The molecule has 4 nitrogen and oxygen atoms in total. The van der Waals surface area contributed by atoms with E-state index >= 15 is 0 Å². The van der Waals surface area contributed by atoms with E-state index in [9.17, 15) is 8.42 Å². The standard InChI is InChI=1S/C18H20ClNO3S/c1-13-4-10-16(11-5-13)24(21,22)23-17-3-2-12-20-18(17)14-6-8-15(19)9-7-14/h4-11,17-18,20H,2-3,12H2,1H3. The average Bonchev–Trinajstić information content (AvgIpc) is 2.56. The Morgan fingerprint density at radius 1 is 1.08 bits per heavy atom. The van der Waals surface area contributed by atoms with Crippen LogP contribution in [0.5, 0.6) is 0 Å². The van der Waals surface area contributed by atoms with Gasteiger partial charge in [0.2, 0.25) is 0 Å². The third-order valence-corrected chi connectivity index (χ3v) is 5.79. The maximum Gasteiger partial charge on any atom is 0.297 e. The van der Waals surface area contributed by atoms with Crippen molar-refractivity contribution >= 4 is 21.7 Å². The second-order valence-electron chi connectivity index (χ2n) is 6.03. The average molecular weight is 366 g/mol. The predicted molar refractivity (Wildman–Crippen MR) is 94.7 cm³/mol. The van der Waals surface area contributed by atoms with Gasteiger partial charge in [-0.2, -0.15) is 8.42 Å². The molecule has 0 spiro atoms. The van der Waals surface area contributed by atoms with Gasteiger partial charge in [0.05, 0.1) is 17.0 Å². The van der Waals surface area contributed by atoms with Gasteiger partial charge >= 0.3 is 0 Å². The van der Waals surface area contributed by atoms with E-state index in [1.807, 2.05) is 19.1 Å². The molecule has 0 saturated carbocycles. The van der Waals surface area contributed by atoms with E-state index in [1.165, 1.54) is 0 Å². The summed E-state index contributed by atoms with van der Waals surface area (Å²) in [6, 6.07) is 13.9. The minimum Gasteiger partial charge on any atom is -0.308 e. The van der Waals surface area contributed by atoms with Crippen molar-refractivity contribution in [2.45, 2.75) is 36.8 Å². The van der Waals surface area contributed by atoms with E-state index in [0.717, 1.165) is 24.1 Å². The zero-order chi connectivity index (χ0) is 17.2. The molecular formula is C18H20ClNO3S. The third kappa shape index (κ3) is 3.98. The largest absolute Gasteiger partial charge is 0.308 e. The van der Waals surface area contributed by atoms with Gasteiger partial charge in [-0.25, -0.2) is 0 Å². The van der Waals surface area contributed by atoms with Gasteiger partial charge in [-0.05, 0) is 56.1 Å². The maximum absolute atomic E-state index is 12.6. The molecular weight excluding hydrogens is 346 g/mol. The number of nitrogens with one attached hydrogen (secondary N) is 1. The van der Waals surface area contributed by atoms with Crippen molar-refractivity contribution in [1.29, 1.82) is 0 Å². The molecule has 2 aromatic rings. The lowest BCUT2D eigenvalue weighted by Crippen LogP contribution is -2.40. The molecule has 1 aliphatic heterocycles. The molecule has 0 radical (unpaired) electrons. The zero-order valence-electron chi connectivity index (χ0n) is 13.4. The van der Waals surface area contributed by atoms with Crippen LogP contribution in [0, 0.1) is 6.92 Å². The van der Waals surface area contributed by atoms with Crippen LogP contribution < -0.4 is 5.32 Å². The molecule has 6 heteroatoms. The van der Waals surface area contributed by atoms with Gasteiger partial charge in [-0.3, -0.25) is 4.18 Å². The Labute approximate surface area is 147 Å². The maximum atomic E-state index is 12.6. The first-order chi connectivity index (χ1) is 11.5. The summed E-state index contributed by atoms with van der Waals surface area (Å²) >= 11 is 5.94. The van der Waals surface area contributed by atoms with Crippen LogP contribution in [0.1, 0.15) is 30.0 Å². The van der Waals surface area contributed by atoms with Crippen molar-refractivity contribution in [3.63, 3.8) is 0 Å². The summed E-state index contributed by atoms with van der Waals surface area (Å²) in [6.07, 6.45) is 1.12. The van der Waals surface area contributed by atoms with E-state index in [0.29, 0.717) is 11.4 Å². The summed E-state index contributed by atoms with van der Waals surface area (Å²) in [6.45, 7) is 2.75. The molecule has 1 aliphatic rings. The molecule has 1 fully saturated rings. The SMILES string of the molecule is Cc1ccc(S(=O)(=O)OC2CCCNC2c2ccc(Cl)cc2)cc1. The molecule has 0 amide bonds. The number of hydrogen-bond acceptors (Lipinski definition) is 4. The van der Waals surface area contributed by atoms with Crippen LogP contribution in [-0.2, 0) is 14.3 Å². The highest BCUT2D eigenvalue weighted by Crippen LogP contribution is 2.30. The summed E-state index contributed by atoms with van der Waals surface area (Å²) in [7, 11) is -3.79. The van der Waals surface area contributed by atoms with Crippen LogP contribution in [0.2, 0.25) is 5.02 Å². The lowest BCUT2D eigenvalue weighted by molar-refractivity contribution is 0.127. The highest BCUT2D eigenvalue weighted by Gasteiger charge is 2.31. The molecule has 0 bridgehead atoms. The first-order valence-corrected chi connectivity index (χ1v) is 9.73. The highest BCUT2D eigenvalue weighted by atomic mass is 35.5. The Bertz CT molecular complexity index is 788. The fourth-order valence-corrected chi connectivity index (χ4v) is 4.13. The smallest absolute Gasteiger partial charge is 0.297 e. The number of piperidine rings is 1. The van der Waals surface area contributed by atoms with Gasteiger partial charge in [-0.15, -0.1) is 0 Å². The molecule has 1 N–H and O–H groups in total. The number of aryl methyl sites for hydroxylation is 1. The Morgan fingerprint density at radius 3 is 2.42 bits per heavy atom. The van der Waals surface area contributed by atoms with Crippen LogP contribution in [0.15, 0.2) is 53.4 Å². The third-order valence-electron chi connectivity index (χ3n) is 4.19. The normalized spacial score (nSPS) is 21.6. The van der Waals surface area contributed by atoms with E-state index in [-0.39, 0.29) is 10.9 Å². The van der Waals surface area contributed by atoms with Crippen molar-refractivity contribution in [3.05, 3.63) is 64.7 Å². The predicted octanol–water partition coefficient (Wildman–Crippen LogP) is 3.85. The number of hydrogen-bond donors (Lipinski definition) is 1. The number of benzene rings is 2. The minimum atomic E-state index is -3.79. The summed E-state index contributed by atoms with van der Waals surface area (Å²) in [4.78, 5) is 0.188. The molecule has 0 aliphatic carbocycles. The van der Waals surface area contributed by atoms with Gasteiger partial charge in [-0.1, -0.05) is 41.4 Å². The fourth-order valence-electron chi connectivity index (χ4n) is 2.89. The topological polar surface area (TPSA) is 55.4 Å². The van der Waals surface area contributed by atoms with Gasteiger partial charge in [0.15, 0.2) is 0 Å². The van der Waals surface area contributed by atoms with Gasteiger partial charge < -0.3 is 5.32 Å². The monoisotopic (exact) mass is 365 g/mol. The lowest BCUT2D eigenvalue weighted by atomic mass is 9.95. The molecule has 24 heavy (non-hydrogen) atoms. The van der Waals surface area contributed by atoms with Crippen molar-refractivity contribution in [1.82, 2.24) is 5.32 Å². The summed E-state index contributed by atoms with van der Waals surface area (Å²) in [5, 5.41) is 4.01. The summed E-state index contributed by atoms with van der Waals surface area (Å²) in [5.74, 6) is 0. The first kappa shape index (κ1) is 17.4. The summed E-state index contributed by atoms with van der Waals surface area (Å²) in [5.41, 5.74) is 1.98. The van der Waals surface area contributed by atoms with Crippen molar-refractivity contribution in [2.24, 2.45) is 0 Å². The van der Waals surface area contributed by atoms with Crippen molar-refractivity contribution < 1.29 is 12.6 Å². The van der Waals surface area contributed by atoms with Gasteiger partial charge in [0.1, 0.15) is 0 Å². The van der Waals surface area contributed by atoms with Crippen LogP contribution >= 0.6 is 11.6 Å². The molecule has 3 rings (SSSR count). The Kier molecular flexibility index (Phi) is 5.25. The second-order valence-corrected chi connectivity index (χ2v) is 8.04. The first-order valence-electron chi connectivity index (χ1n) is 7.94. The molecule has 2 unspecified atom stereocenters. The molecule has 0 aromatic heterocycles. The highest BCUT2D eigenvalue weighted by molar-refractivity contribution is 7.86. The van der Waals surface area contributed by atoms with Crippen molar-refractivity contribution in [3.8, 4) is 0 Å². The molecule has 128 valence electrons. The van der Waals surface area contributed by atoms with Crippen LogP contribution in [0.25, 0.3) is 0 Å². The Hall–Kier alpha value is -1.40. The number of rotatable bonds is 4. The van der Waals surface area contributed by atoms with Crippen LogP contribution in [0.3, 0.4) is 0 Å². The van der Waals surface area contributed by atoms with Gasteiger partial charge in [0, 0.05) is 5.02 Å². The molecule has 1 saturated heterocycles.